The van der Waals surface area contributed by atoms with Crippen molar-refractivity contribution < 1.29 is 13.5 Å². The summed E-state index contributed by atoms with van der Waals surface area (Å²) in [7, 11) is 1.59. The minimum atomic E-state index is -0.612. The summed E-state index contributed by atoms with van der Waals surface area (Å²) in [6.07, 6.45) is 1.34. The molecule has 2 nitrogen and oxygen atoms in total. The lowest BCUT2D eigenvalue weighted by Crippen LogP contribution is -2.45. The largest absolute Gasteiger partial charge is 0.376 e. The number of halogens is 2. The zero-order valence-electron chi connectivity index (χ0n) is 12.1. The van der Waals surface area contributed by atoms with Crippen LogP contribution in [0.4, 0.5) is 8.78 Å². The van der Waals surface area contributed by atoms with Crippen molar-refractivity contribution in [2.45, 2.75) is 45.3 Å². The lowest BCUT2D eigenvalue weighted by atomic mass is 9.83. The van der Waals surface area contributed by atoms with E-state index in [1.807, 2.05) is 20.8 Å². The Bertz CT molecular complexity index is 377. The first kappa shape index (κ1) is 16.1. The molecule has 1 aromatic rings. The van der Waals surface area contributed by atoms with Gasteiger partial charge in [0.15, 0.2) is 0 Å². The summed E-state index contributed by atoms with van der Waals surface area (Å²) in [4.78, 5) is 0. The summed E-state index contributed by atoms with van der Waals surface area (Å²) in [5.74, 6) is -1.07. The van der Waals surface area contributed by atoms with Crippen LogP contribution in [0.1, 0.15) is 45.2 Å². The highest BCUT2D eigenvalue weighted by atomic mass is 19.1. The highest BCUT2D eigenvalue weighted by molar-refractivity contribution is 5.26. The molecule has 0 amide bonds. The van der Waals surface area contributed by atoms with E-state index in [4.69, 9.17) is 4.74 Å². The van der Waals surface area contributed by atoms with Gasteiger partial charge in [0.05, 0.1) is 11.6 Å². The number of hydrogen-bond acceptors (Lipinski definition) is 2. The van der Waals surface area contributed by atoms with Crippen molar-refractivity contribution in [2.75, 3.05) is 13.7 Å². The van der Waals surface area contributed by atoms with Crippen LogP contribution in [0.2, 0.25) is 0 Å². The standard InChI is InChI=1S/C15H23F2NO/c1-5-15(6-2,19-4)14(18-7-3)13-11(16)9-8-10-12(13)17/h8-10,14,18H,5-7H2,1-4H3. The van der Waals surface area contributed by atoms with E-state index in [2.05, 4.69) is 5.32 Å². The second-order valence-electron chi connectivity index (χ2n) is 4.60. The van der Waals surface area contributed by atoms with Crippen LogP contribution in [0.25, 0.3) is 0 Å². The molecular weight excluding hydrogens is 248 g/mol. The van der Waals surface area contributed by atoms with Crippen molar-refractivity contribution in [1.29, 1.82) is 0 Å². The Morgan fingerprint density at radius 2 is 1.68 bits per heavy atom. The second-order valence-corrected chi connectivity index (χ2v) is 4.60. The van der Waals surface area contributed by atoms with E-state index in [9.17, 15) is 8.78 Å². The molecule has 0 spiro atoms. The molecule has 0 saturated heterocycles. The van der Waals surface area contributed by atoms with Crippen LogP contribution in [0.5, 0.6) is 0 Å². The van der Waals surface area contributed by atoms with Crippen molar-refractivity contribution in [3.05, 3.63) is 35.4 Å². The van der Waals surface area contributed by atoms with E-state index in [0.717, 1.165) is 0 Å². The molecule has 1 unspecified atom stereocenters. The molecule has 0 bridgehead atoms. The zero-order valence-corrected chi connectivity index (χ0v) is 12.1. The number of benzene rings is 1. The molecule has 108 valence electrons. The summed E-state index contributed by atoms with van der Waals surface area (Å²) < 4.78 is 33.7. The minimum absolute atomic E-state index is 0.0647. The van der Waals surface area contributed by atoms with Crippen LogP contribution in [-0.2, 0) is 4.74 Å². The molecule has 0 radical (unpaired) electrons. The van der Waals surface area contributed by atoms with E-state index in [0.29, 0.717) is 19.4 Å². The SMILES string of the molecule is CCNC(c1c(F)cccc1F)C(CC)(CC)OC. The maximum atomic E-state index is 14.0. The fraction of sp³-hybridized carbons (Fsp3) is 0.600. The summed E-state index contributed by atoms with van der Waals surface area (Å²) in [6, 6.07) is 3.45. The molecule has 0 heterocycles. The predicted molar refractivity (Wildman–Crippen MR) is 73.1 cm³/mol. The Morgan fingerprint density at radius 3 is 2.05 bits per heavy atom. The van der Waals surface area contributed by atoms with Crippen LogP contribution in [0.15, 0.2) is 18.2 Å². The summed E-state index contributed by atoms with van der Waals surface area (Å²) >= 11 is 0. The van der Waals surface area contributed by atoms with Crippen LogP contribution >= 0.6 is 0 Å². The Labute approximate surface area is 114 Å². The predicted octanol–water partition coefficient (Wildman–Crippen LogP) is 3.82. The number of likely N-dealkylation sites (N-methyl/N-ethyl adjacent to an activating group) is 1. The average Bonchev–Trinajstić information content (AvgIpc) is 2.41. The first-order chi connectivity index (χ1) is 9.06. The normalized spacial score (nSPS) is 13.6. The smallest absolute Gasteiger partial charge is 0.131 e. The van der Waals surface area contributed by atoms with Crippen molar-refractivity contribution in [2.24, 2.45) is 0 Å². The van der Waals surface area contributed by atoms with Crippen molar-refractivity contribution >= 4 is 0 Å². The summed E-state index contributed by atoms with van der Waals surface area (Å²) in [5, 5.41) is 3.17. The zero-order chi connectivity index (χ0) is 14.5. The molecule has 4 heteroatoms. The van der Waals surface area contributed by atoms with Crippen LogP contribution < -0.4 is 5.32 Å². The van der Waals surface area contributed by atoms with Gasteiger partial charge in [0.25, 0.3) is 0 Å². The van der Waals surface area contributed by atoms with E-state index >= 15 is 0 Å². The molecule has 1 N–H and O–H groups in total. The van der Waals surface area contributed by atoms with Gasteiger partial charge in [-0.1, -0.05) is 26.8 Å². The quantitative estimate of drug-likeness (QED) is 0.814. The number of methoxy groups -OCH3 is 1. The highest BCUT2D eigenvalue weighted by Crippen LogP contribution is 2.37. The molecule has 1 rings (SSSR count). The molecule has 1 atom stereocenters. The molecule has 0 aromatic heterocycles. The maximum Gasteiger partial charge on any atom is 0.131 e. The maximum absolute atomic E-state index is 14.0. The van der Waals surface area contributed by atoms with Gasteiger partial charge in [0.2, 0.25) is 0 Å². The van der Waals surface area contributed by atoms with E-state index in [-0.39, 0.29) is 5.56 Å². The molecule has 0 aliphatic rings. The number of rotatable bonds is 7. The second kappa shape index (κ2) is 6.96. The van der Waals surface area contributed by atoms with E-state index in [1.165, 1.54) is 18.2 Å². The van der Waals surface area contributed by atoms with E-state index in [1.54, 1.807) is 7.11 Å². The van der Waals surface area contributed by atoms with Crippen molar-refractivity contribution in [3.8, 4) is 0 Å². The van der Waals surface area contributed by atoms with Gasteiger partial charge < -0.3 is 10.1 Å². The number of ether oxygens (including phenoxy) is 1. The Hall–Kier alpha value is -1.00. The van der Waals surface area contributed by atoms with Gasteiger partial charge in [-0.05, 0) is 31.5 Å². The summed E-state index contributed by atoms with van der Waals surface area (Å²) in [6.45, 7) is 6.47. The molecule has 0 aliphatic heterocycles. The van der Waals surface area contributed by atoms with Crippen molar-refractivity contribution in [3.63, 3.8) is 0 Å². The molecule has 0 aliphatic carbocycles. The van der Waals surface area contributed by atoms with Gasteiger partial charge in [-0.15, -0.1) is 0 Å². The molecular formula is C15H23F2NO. The third kappa shape index (κ3) is 3.12. The molecule has 1 aromatic carbocycles. The monoisotopic (exact) mass is 271 g/mol. The lowest BCUT2D eigenvalue weighted by molar-refractivity contribution is -0.0499. The Balaban J connectivity index is 3.34. The third-order valence-corrected chi connectivity index (χ3v) is 3.83. The van der Waals surface area contributed by atoms with Crippen molar-refractivity contribution in [1.82, 2.24) is 5.32 Å². The van der Waals surface area contributed by atoms with Gasteiger partial charge in [-0.2, -0.15) is 0 Å². The topological polar surface area (TPSA) is 21.3 Å². The first-order valence-corrected chi connectivity index (χ1v) is 6.78. The molecule has 19 heavy (non-hydrogen) atoms. The number of nitrogens with one attached hydrogen (secondary N) is 1. The van der Waals surface area contributed by atoms with Gasteiger partial charge >= 0.3 is 0 Å². The van der Waals surface area contributed by atoms with Gasteiger partial charge in [0, 0.05) is 12.7 Å². The van der Waals surface area contributed by atoms with Gasteiger partial charge in [-0.3, -0.25) is 0 Å². The Morgan fingerprint density at radius 1 is 1.16 bits per heavy atom. The van der Waals surface area contributed by atoms with Crippen LogP contribution in [0, 0.1) is 11.6 Å². The first-order valence-electron chi connectivity index (χ1n) is 6.78. The third-order valence-electron chi connectivity index (χ3n) is 3.83. The average molecular weight is 271 g/mol. The lowest BCUT2D eigenvalue weighted by Gasteiger charge is -2.39. The minimum Gasteiger partial charge on any atom is -0.376 e. The molecule has 0 saturated carbocycles. The number of hydrogen-bond donors (Lipinski definition) is 1. The summed E-state index contributed by atoms with van der Waals surface area (Å²) in [5.41, 5.74) is -0.547. The van der Waals surface area contributed by atoms with Crippen LogP contribution in [0.3, 0.4) is 0 Å². The Kier molecular flexibility index (Phi) is 5.88. The van der Waals surface area contributed by atoms with E-state index < -0.39 is 23.3 Å². The molecule has 0 fully saturated rings. The fourth-order valence-corrected chi connectivity index (χ4v) is 2.61. The van der Waals surface area contributed by atoms with Crippen LogP contribution in [-0.4, -0.2) is 19.3 Å². The van der Waals surface area contributed by atoms with Gasteiger partial charge in [0.1, 0.15) is 11.6 Å². The van der Waals surface area contributed by atoms with Gasteiger partial charge in [-0.25, -0.2) is 8.78 Å². The fourth-order valence-electron chi connectivity index (χ4n) is 2.61. The highest BCUT2D eigenvalue weighted by Gasteiger charge is 2.39.